The van der Waals surface area contributed by atoms with Gasteiger partial charge in [0.25, 0.3) is 0 Å². The zero-order valence-corrected chi connectivity index (χ0v) is 13.9. The van der Waals surface area contributed by atoms with Crippen LogP contribution in [0.25, 0.3) is 10.2 Å². The number of methoxy groups -OCH3 is 1. The molecule has 118 valence electrons. The molecule has 4 nitrogen and oxygen atoms in total. The summed E-state index contributed by atoms with van der Waals surface area (Å²) in [6.07, 6.45) is 0. The number of thiazole rings is 1. The van der Waals surface area contributed by atoms with Gasteiger partial charge in [-0.25, -0.2) is 4.98 Å². The number of para-hydroxylation sites is 1. The Morgan fingerprint density at radius 1 is 0.957 bits per heavy atom. The van der Waals surface area contributed by atoms with Crippen molar-refractivity contribution >= 4 is 32.4 Å². The number of hydrogen-bond donors (Lipinski definition) is 0. The summed E-state index contributed by atoms with van der Waals surface area (Å²) in [5, 5.41) is 1.14. The van der Waals surface area contributed by atoms with Gasteiger partial charge in [0.05, 0.1) is 17.3 Å². The number of piperazine rings is 1. The van der Waals surface area contributed by atoms with Crippen molar-refractivity contribution in [3.63, 3.8) is 0 Å². The average molecular weight is 325 g/mol. The third kappa shape index (κ3) is 2.84. The summed E-state index contributed by atoms with van der Waals surface area (Å²) >= 11 is 1.78. The van der Waals surface area contributed by atoms with Gasteiger partial charge < -0.3 is 14.5 Å². The number of aromatic nitrogens is 1. The van der Waals surface area contributed by atoms with Crippen LogP contribution in [0.15, 0.2) is 48.5 Å². The van der Waals surface area contributed by atoms with Crippen molar-refractivity contribution in [2.24, 2.45) is 0 Å². The molecular weight excluding hydrogens is 306 g/mol. The maximum Gasteiger partial charge on any atom is 0.186 e. The predicted octanol–water partition coefficient (Wildman–Crippen LogP) is 3.63. The van der Waals surface area contributed by atoms with Crippen LogP contribution in [0.3, 0.4) is 0 Å². The third-order valence-corrected chi connectivity index (χ3v) is 5.35. The SMILES string of the molecule is COc1cccc(N2CCN(c3nc4ccccc4s3)CC2)c1. The molecule has 0 N–H and O–H groups in total. The number of ether oxygens (including phenoxy) is 1. The molecule has 1 aliphatic heterocycles. The van der Waals surface area contributed by atoms with Crippen LogP contribution in [0.1, 0.15) is 0 Å². The number of rotatable bonds is 3. The Bertz CT molecular complexity index is 776. The summed E-state index contributed by atoms with van der Waals surface area (Å²) < 4.78 is 6.59. The highest BCUT2D eigenvalue weighted by molar-refractivity contribution is 7.22. The first kappa shape index (κ1) is 14.3. The molecule has 1 aromatic heterocycles. The summed E-state index contributed by atoms with van der Waals surface area (Å²) in [5.74, 6) is 0.913. The van der Waals surface area contributed by atoms with Crippen molar-refractivity contribution in [3.8, 4) is 5.75 Å². The van der Waals surface area contributed by atoms with E-state index in [1.165, 1.54) is 10.4 Å². The van der Waals surface area contributed by atoms with Crippen molar-refractivity contribution in [3.05, 3.63) is 48.5 Å². The standard InChI is InChI=1S/C18H19N3OS/c1-22-15-6-4-5-14(13-15)20-9-11-21(12-10-20)18-19-16-7-2-3-8-17(16)23-18/h2-8,13H,9-12H2,1H3. The molecule has 0 spiro atoms. The molecule has 5 heteroatoms. The van der Waals surface area contributed by atoms with Gasteiger partial charge in [0, 0.05) is 37.9 Å². The first-order valence-electron chi connectivity index (χ1n) is 7.83. The lowest BCUT2D eigenvalue weighted by Crippen LogP contribution is -2.46. The predicted molar refractivity (Wildman–Crippen MR) is 97.0 cm³/mol. The van der Waals surface area contributed by atoms with Crippen molar-refractivity contribution in [1.82, 2.24) is 4.98 Å². The smallest absolute Gasteiger partial charge is 0.186 e. The highest BCUT2D eigenvalue weighted by Gasteiger charge is 2.20. The zero-order valence-electron chi connectivity index (χ0n) is 13.1. The lowest BCUT2D eigenvalue weighted by molar-refractivity contribution is 0.414. The molecule has 0 unspecified atom stereocenters. The Labute approximate surface area is 139 Å². The van der Waals surface area contributed by atoms with Crippen LogP contribution >= 0.6 is 11.3 Å². The molecule has 0 saturated carbocycles. The first-order valence-corrected chi connectivity index (χ1v) is 8.65. The molecule has 0 radical (unpaired) electrons. The van der Waals surface area contributed by atoms with Crippen LogP contribution in [0.5, 0.6) is 5.75 Å². The highest BCUT2D eigenvalue weighted by atomic mass is 32.1. The molecule has 0 amide bonds. The fourth-order valence-electron chi connectivity index (χ4n) is 2.96. The van der Waals surface area contributed by atoms with Crippen LogP contribution in [-0.4, -0.2) is 38.3 Å². The van der Waals surface area contributed by atoms with E-state index < -0.39 is 0 Å². The van der Waals surface area contributed by atoms with E-state index in [2.05, 4.69) is 40.1 Å². The van der Waals surface area contributed by atoms with Gasteiger partial charge in [0.15, 0.2) is 5.13 Å². The van der Waals surface area contributed by atoms with Gasteiger partial charge in [0.2, 0.25) is 0 Å². The lowest BCUT2D eigenvalue weighted by atomic mass is 10.2. The third-order valence-electron chi connectivity index (χ3n) is 4.25. The van der Waals surface area contributed by atoms with E-state index in [0.717, 1.165) is 42.6 Å². The first-order chi connectivity index (χ1) is 11.3. The maximum absolute atomic E-state index is 5.32. The molecule has 0 atom stereocenters. The van der Waals surface area contributed by atoms with Gasteiger partial charge in [-0.2, -0.15) is 0 Å². The minimum Gasteiger partial charge on any atom is -0.497 e. The largest absolute Gasteiger partial charge is 0.497 e. The van der Waals surface area contributed by atoms with E-state index in [0.29, 0.717) is 0 Å². The second kappa shape index (κ2) is 6.08. The fraction of sp³-hybridized carbons (Fsp3) is 0.278. The van der Waals surface area contributed by atoms with Gasteiger partial charge >= 0.3 is 0 Å². The molecule has 23 heavy (non-hydrogen) atoms. The summed E-state index contributed by atoms with van der Waals surface area (Å²) in [4.78, 5) is 9.57. The van der Waals surface area contributed by atoms with Gasteiger partial charge in [-0.05, 0) is 24.3 Å². The number of anilines is 2. The van der Waals surface area contributed by atoms with E-state index in [-0.39, 0.29) is 0 Å². The monoisotopic (exact) mass is 325 g/mol. The number of fused-ring (bicyclic) bond motifs is 1. The summed E-state index contributed by atoms with van der Waals surface area (Å²) in [6, 6.07) is 16.6. The molecule has 0 aliphatic carbocycles. The lowest BCUT2D eigenvalue weighted by Gasteiger charge is -2.36. The molecule has 1 aliphatic rings. The Kier molecular flexibility index (Phi) is 3.79. The Balaban J connectivity index is 1.48. The Morgan fingerprint density at radius 3 is 2.52 bits per heavy atom. The van der Waals surface area contributed by atoms with Crippen LogP contribution < -0.4 is 14.5 Å². The van der Waals surface area contributed by atoms with E-state index in [4.69, 9.17) is 9.72 Å². The molecule has 1 saturated heterocycles. The van der Waals surface area contributed by atoms with Gasteiger partial charge in [-0.3, -0.25) is 0 Å². The fourth-order valence-corrected chi connectivity index (χ4v) is 3.98. The highest BCUT2D eigenvalue weighted by Crippen LogP contribution is 2.30. The van der Waals surface area contributed by atoms with Crippen LogP contribution in [-0.2, 0) is 0 Å². The molecular formula is C18H19N3OS. The van der Waals surface area contributed by atoms with Crippen molar-refractivity contribution in [1.29, 1.82) is 0 Å². The number of benzene rings is 2. The number of nitrogens with zero attached hydrogens (tertiary/aromatic N) is 3. The van der Waals surface area contributed by atoms with Crippen molar-refractivity contribution in [2.75, 3.05) is 43.1 Å². The average Bonchev–Trinajstić information content (AvgIpc) is 3.06. The van der Waals surface area contributed by atoms with Crippen LogP contribution in [0, 0.1) is 0 Å². The Hall–Kier alpha value is -2.27. The van der Waals surface area contributed by atoms with Gasteiger partial charge in [-0.15, -0.1) is 0 Å². The number of hydrogen-bond acceptors (Lipinski definition) is 5. The molecule has 3 aromatic rings. The summed E-state index contributed by atoms with van der Waals surface area (Å²) in [5.41, 5.74) is 2.33. The van der Waals surface area contributed by atoms with E-state index in [1.54, 1.807) is 18.4 Å². The van der Waals surface area contributed by atoms with Crippen molar-refractivity contribution in [2.45, 2.75) is 0 Å². The second-order valence-corrected chi connectivity index (χ2v) is 6.65. The van der Waals surface area contributed by atoms with E-state index in [9.17, 15) is 0 Å². The van der Waals surface area contributed by atoms with E-state index >= 15 is 0 Å². The van der Waals surface area contributed by atoms with Crippen molar-refractivity contribution < 1.29 is 4.74 Å². The van der Waals surface area contributed by atoms with Gasteiger partial charge in [-0.1, -0.05) is 29.5 Å². The maximum atomic E-state index is 5.32. The van der Waals surface area contributed by atoms with E-state index in [1.807, 2.05) is 18.2 Å². The normalized spacial score (nSPS) is 15.2. The molecule has 1 fully saturated rings. The summed E-state index contributed by atoms with van der Waals surface area (Å²) in [6.45, 7) is 4.00. The molecule has 0 bridgehead atoms. The Morgan fingerprint density at radius 2 is 1.74 bits per heavy atom. The molecule has 4 rings (SSSR count). The van der Waals surface area contributed by atoms with Crippen LogP contribution in [0.2, 0.25) is 0 Å². The minimum absolute atomic E-state index is 0.913. The molecule has 2 aromatic carbocycles. The minimum atomic E-state index is 0.913. The topological polar surface area (TPSA) is 28.6 Å². The van der Waals surface area contributed by atoms with Gasteiger partial charge in [0.1, 0.15) is 5.75 Å². The molecule has 2 heterocycles. The van der Waals surface area contributed by atoms with Crippen LogP contribution in [0.4, 0.5) is 10.8 Å². The second-order valence-electron chi connectivity index (χ2n) is 5.64. The summed E-state index contributed by atoms with van der Waals surface area (Å²) in [7, 11) is 1.71. The zero-order chi connectivity index (χ0) is 15.6. The quantitative estimate of drug-likeness (QED) is 0.735.